The second-order valence-corrected chi connectivity index (χ2v) is 6.52. The molecular formula is C16H15NOS2. The van der Waals surface area contributed by atoms with Gasteiger partial charge in [-0.15, -0.1) is 23.1 Å². The first kappa shape index (κ1) is 13.5. The highest BCUT2D eigenvalue weighted by atomic mass is 32.2. The van der Waals surface area contributed by atoms with Gasteiger partial charge in [-0.1, -0.05) is 24.3 Å². The van der Waals surface area contributed by atoms with E-state index in [2.05, 4.69) is 35.3 Å². The minimum Gasteiger partial charge on any atom is -0.497 e. The van der Waals surface area contributed by atoms with Crippen LogP contribution in [0.25, 0.3) is 10.2 Å². The Morgan fingerprint density at radius 1 is 1.10 bits per heavy atom. The molecule has 0 fully saturated rings. The van der Waals surface area contributed by atoms with Gasteiger partial charge < -0.3 is 4.74 Å². The van der Waals surface area contributed by atoms with E-state index >= 15 is 0 Å². The van der Waals surface area contributed by atoms with Gasteiger partial charge >= 0.3 is 0 Å². The van der Waals surface area contributed by atoms with Crippen molar-refractivity contribution < 1.29 is 4.74 Å². The maximum atomic E-state index is 5.24. The molecule has 3 aromatic rings. The van der Waals surface area contributed by atoms with Gasteiger partial charge in [-0.2, -0.15) is 0 Å². The van der Waals surface area contributed by atoms with Gasteiger partial charge in [0, 0.05) is 11.5 Å². The third kappa shape index (κ3) is 3.14. The van der Waals surface area contributed by atoms with Gasteiger partial charge in [0.05, 0.1) is 17.3 Å². The second kappa shape index (κ2) is 6.29. The number of nitrogens with zero attached hydrogens (tertiary/aromatic N) is 1. The van der Waals surface area contributed by atoms with Gasteiger partial charge in [-0.3, -0.25) is 0 Å². The molecule has 20 heavy (non-hydrogen) atoms. The SMILES string of the molecule is COc1cccc(CSCc2nc3ccccc3s2)c1. The van der Waals surface area contributed by atoms with Crippen molar-refractivity contribution in [2.75, 3.05) is 7.11 Å². The van der Waals surface area contributed by atoms with Crippen LogP contribution >= 0.6 is 23.1 Å². The molecule has 0 N–H and O–H groups in total. The number of methoxy groups -OCH3 is 1. The summed E-state index contributed by atoms with van der Waals surface area (Å²) in [7, 11) is 1.70. The highest BCUT2D eigenvalue weighted by Gasteiger charge is 2.03. The lowest BCUT2D eigenvalue weighted by atomic mass is 10.2. The number of hydrogen-bond acceptors (Lipinski definition) is 4. The number of para-hydroxylation sites is 1. The number of hydrogen-bond donors (Lipinski definition) is 0. The summed E-state index contributed by atoms with van der Waals surface area (Å²) in [5, 5.41) is 1.19. The van der Waals surface area contributed by atoms with Crippen LogP contribution in [0.1, 0.15) is 10.6 Å². The Morgan fingerprint density at radius 3 is 2.85 bits per heavy atom. The average molecular weight is 301 g/mol. The third-order valence-corrected chi connectivity index (χ3v) is 5.20. The molecule has 2 nitrogen and oxygen atoms in total. The fraction of sp³-hybridized carbons (Fsp3) is 0.188. The zero-order valence-corrected chi connectivity index (χ0v) is 12.8. The van der Waals surface area contributed by atoms with Crippen LogP contribution in [0.4, 0.5) is 0 Å². The summed E-state index contributed by atoms with van der Waals surface area (Å²) in [5.74, 6) is 2.85. The van der Waals surface area contributed by atoms with Crippen LogP contribution in [0.15, 0.2) is 48.5 Å². The minimum atomic E-state index is 0.920. The van der Waals surface area contributed by atoms with Crippen molar-refractivity contribution in [3.63, 3.8) is 0 Å². The Hall–Kier alpha value is -1.52. The van der Waals surface area contributed by atoms with Crippen LogP contribution in [0.3, 0.4) is 0 Å². The molecule has 0 unspecified atom stereocenters. The van der Waals surface area contributed by atoms with E-state index in [1.807, 2.05) is 30.0 Å². The summed E-state index contributed by atoms with van der Waals surface area (Å²) in [4.78, 5) is 4.65. The predicted molar refractivity (Wildman–Crippen MR) is 87.6 cm³/mol. The lowest BCUT2D eigenvalue weighted by Crippen LogP contribution is -1.86. The van der Waals surface area contributed by atoms with E-state index in [1.165, 1.54) is 15.3 Å². The fourth-order valence-electron chi connectivity index (χ4n) is 2.00. The molecule has 0 bridgehead atoms. The molecule has 0 radical (unpaired) electrons. The first-order chi connectivity index (χ1) is 9.85. The summed E-state index contributed by atoms with van der Waals surface area (Å²) < 4.78 is 6.51. The van der Waals surface area contributed by atoms with E-state index in [-0.39, 0.29) is 0 Å². The third-order valence-electron chi connectivity index (χ3n) is 2.97. The summed E-state index contributed by atoms with van der Waals surface area (Å²) in [6, 6.07) is 16.5. The molecule has 0 saturated carbocycles. The van der Waals surface area contributed by atoms with Gasteiger partial charge in [0.25, 0.3) is 0 Å². The highest BCUT2D eigenvalue weighted by molar-refractivity contribution is 7.97. The molecule has 0 amide bonds. The lowest BCUT2D eigenvalue weighted by molar-refractivity contribution is 0.414. The topological polar surface area (TPSA) is 22.1 Å². The van der Waals surface area contributed by atoms with Crippen molar-refractivity contribution in [2.24, 2.45) is 0 Å². The number of benzene rings is 2. The standard InChI is InChI=1S/C16H15NOS2/c1-18-13-6-4-5-12(9-13)10-19-11-16-17-14-7-2-3-8-15(14)20-16/h2-9H,10-11H2,1H3. The van der Waals surface area contributed by atoms with E-state index in [1.54, 1.807) is 18.4 Å². The number of ether oxygens (including phenoxy) is 1. The molecule has 0 aliphatic carbocycles. The number of rotatable bonds is 5. The van der Waals surface area contributed by atoms with Gasteiger partial charge in [0.15, 0.2) is 0 Å². The predicted octanol–water partition coefficient (Wildman–Crippen LogP) is 4.74. The fourth-order valence-corrected chi connectivity index (χ4v) is 4.01. The first-order valence-electron chi connectivity index (χ1n) is 6.40. The normalized spacial score (nSPS) is 10.8. The molecule has 2 aromatic carbocycles. The largest absolute Gasteiger partial charge is 0.497 e. The van der Waals surface area contributed by atoms with Gasteiger partial charge in [0.2, 0.25) is 0 Å². The smallest absolute Gasteiger partial charge is 0.119 e. The van der Waals surface area contributed by atoms with Crippen LogP contribution in [-0.4, -0.2) is 12.1 Å². The van der Waals surface area contributed by atoms with Gasteiger partial charge in [-0.05, 0) is 29.8 Å². The quantitative estimate of drug-likeness (QED) is 0.679. The second-order valence-electron chi connectivity index (χ2n) is 4.42. The average Bonchev–Trinajstić information content (AvgIpc) is 2.90. The zero-order valence-electron chi connectivity index (χ0n) is 11.2. The molecule has 3 rings (SSSR count). The van der Waals surface area contributed by atoms with E-state index in [0.29, 0.717) is 0 Å². The highest BCUT2D eigenvalue weighted by Crippen LogP contribution is 2.26. The van der Waals surface area contributed by atoms with Crippen LogP contribution in [0.2, 0.25) is 0 Å². The number of thiazole rings is 1. The number of thioether (sulfide) groups is 1. The Balaban J connectivity index is 1.61. The van der Waals surface area contributed by atoms with Crippen molar-refractivity contribution in [2.45, 2.75) is 11.5 Å². The Kier molecular flexibility index (Phi) is 4.23. The molecule has 0 aliphatic heterocycles. The van der Waals surface area contributed by atoms with E-state index in [4.69, 9.17) is 4.74 Å². The summed E-state index contributed by atoms with van der Waals surface area (Å²) in [5.41, 5.74) is 2.39. The van der Waals surface area contributed by atoms with Crippen molar-refractivity contribution in [1.82, 2.24) is 4.98 Å². The van der Waals surface area contributed by atoms with E-state index in [0.717, 1.165) is 22.8 Å². The Labute approximate surface area is 126 Å². The van der Waals surface area contributed by atoms with Crippen molar-refractivity contribution >= 4 is 33.3 Å². The molecule has 0 saturated heterocycles. The maximum Gasteiger partial charge on any atom is 0.119 e. The molecule has 0 spiro atoms. The van der Waals surface area contributed by atoms with Crippen LogP contribution < -0.4 is 4.74 Å². The van der Waals surface area contributed by atoms with Crippen molar-refractivity contribution in [3.05, 3.63) is 59.1 Å². The molecule has 1 aromatic heterocycles. The zero-order chi connectivity index (χ0) is 13.8. The summed E-state index contributed by atoms with van der Waals surface area (Å²) >= 11 is 3.67. The first-order valence-corrected chi connectivity index (χ1v) is 8.37. The number of fused-ring (bicyclic) bond motifs is 1. The van der Waals surface area contributed by atoms with Crippen LogP contribution in [0, 0.1) is 0 Å². The van der Waals surface area contributed by atoms with Gasteiger partial charge in [-0.25, -0.2) is 4.98 Å². The summed E-state index contributed by atoms with van der Waals surface area (Å²) in [6.07, 6.45) is 0. The van der Waals surface area contributed by atoms with Crippen molar-refractivity contribution in [1.29, 1.82) is 0 Å². The van der Waals surface area contributed by atoms with Gasteiger partial charge in [0.1, 0.15) is 10.8 Å². The van der Waals surface area contributed by atoms with E-state index < -0.39 is 0 Å². The molecule has 1 heterocycles. The molecular weight excluding hydrogens is 286 g/mol. The molecule has 0 atom stereocenters. The van der Waals surface area contributed by atoms with Crippen molar-refractivity contribution in [3.8, 4) is 5.75 Å². The van der Waals surface area contributed by atoms with Crippen LogP contribution in [0.5, 0.6) is 5.75 Å². The molecule has 4 heteroatoms. The lowest BCUT2D eigenvalue weighted by Gasteiger charge is -2.03. The maximum absolute atomic E-state index is 5.24. The van der Waals surface area contributed by atoms with E-state index in [9.17, 15) is 0 Å². The Morgan fingerprint density at radius 2 is 2.00 bits per heavy atom. The van der Waals surface area contributed by atoms with Crippen LogP contribution in [-0.2, 0) is 11.5 Å². The molecule has 102 valence electrons. The monoisotopic (exact) mass is 301 g/mol. The summed E-state index contributed by atoms with van der Waals surface area (Å²) in [6.45, 7) is 0. The minimum absolute atomic E-state index is 0.920. The Bertz CT molecular complexity index is 675. The molecule has 0 aliphatic rings. The number of aromatic nitrogens is 1.